The maximum Gasteiger partial charge on any atom is 0.351 e. The van der Waals surface area contributed by atoms with Crippen molar-refractivity contribution >= 4 is 38.7 Å². The van der Waals surface area contributed by atoms with Crippen LogP contribution in [0.1, 0.15) is 46.3 Å². The Morgan fingerprint density at radius 3 is 2.38 bits per heavy atom. The average molecular weight is 653 g/mol. The summed E-state index contributed by atoms with van der Waals surface area (Å²) in [5, 5.41) is 5.33. The van der Waals surface area contributed by atoms with Crippen LogP contribution in [0.25, 0.3) is 0 Å². The monoisotopic (exact) mass is 652 g/mol. The van der Waals surface area contributed by atoms with Crippen molar-refractivity contribution in [2.45, 2.75) is 89.4 Å². The topological polar surface area (TPSA) is 94.9 Å². The van der Waals surface area contributed by atoms with Gasteiger partial charge < -0.3 is 19.1 Å². The third-order valence-electron chi connectivity index (χ3n) is 9.33. The molecule has 3 aliphatic heterocycles. The van der Waals surface area contributed by atoms with Gasteiger partial charge in [0, 0.05) is 24.7 Å². The zero-order chi connectivity index (χ0) is 31.7. The Bertz CT molecular complexity index is 1490. The molecule has 4 heterocycles. The van der Waals surface area contributed by atoms with E-state index >= 15 is 4.39 Å². The fourth-order valence-electron chi connectivity index (χ4n) is 6.70. The molecule has 3 saturated heterocycles. The van der Waals surface area contributed by atoms with Crippen molar-refractivity contribution in [3.05, 3.63) is 83.4 Å². The molecule has 3 aromatic rings. The molecule has 2 aromatic carbocycles. The molecule has 0 aliphatic carbocycles. The zero-order valence-electron chi connectivity index (χ0n) is 26.2. The summed E-state index contributed by atoms with van der Waals surface area (Å²) >= 11 is 0. The highest BCUT2D eigenvalue weighted by atomic mass is 31.2. The number of aromatic nitrogens is 2. The first-order valence-corrected chi connectivity index (χ1v) is 19.7. The summed E-state index contributed by atoms with van der Waals surface area (Å²) in [5.41, 5.74) is -0.701. The summed E-state index contributed by atoms with van der Waals surface area (Å²) in [5.74, 6) is -0.403. The Kier molecular flexibility index (Phi) is 9.66. The number of anilines is 1. The number of ether oxygens (including phenoxy) is 1. The van der Waals surface area contributed by atoms with E-state index in [2.05, 4.69) is 82.2 Å². The molecule has 0 spiro atoms. The molecule has 3 fully saturated rings. The van der Waals surface area contributed by atoms with E-state index in [4.69, 9.17) is 13.8 Å². The lowest BCUT2D eigenvalue weighted by atomic mass is 10.1. The van der Waals surface area contributed by atoms with E-state index in [1.54, 1.807) is 13.8 Å². The van der Waals surface area contributed by atoms with Gasteiger partial charge in [-0.25, -0.2) is 13.9 Å². The van der Waals surface area contributed by atoms with Gasteiger partial charge in [0.1, 0.15) is 20.0 Å². The highest BCUT2D eigenvalue weighted by molar-refractivity contribution is 7.45. The molecule has 45 heavy (non-hydrogen) atoms. The summed E-state index contributed by atoms with van der Waals surface area (Å²) in [4.78, 5) is 28.9. The summed E-state index contributed by atoms with van der Waals surface area (Å²) in [6.07, 6.45) is -0.302. The second-order valence-corrected chi connectivity index (χ2v) is 18.3. The van der Waals surface area contributed by atoms with Gasteiger partial charge in [-0.1, -0.05) is 98.4 Å². The van der Waals surface area contributed by atoms with E-state index in [1.165, 1.54) is 22.6 Å². The van der Waals surface area contributed by atoms with Crippen molar-refractivity contribution in [1.29, 1.82) is 0 Å². The molecule has 1 unspecified atom stereocenters. The van der Waals surface area contributed by atoms with Crippen molar-refractivity contribution in [3.63, 3.8) is 0 Å². The van der Waals surface area contributed by atoms with E-state index in [-0.39, 0.29) is 29.8 Å². The summed E-state index contributed by atoms with van der Waals surface area (Å²) in [6.45, 7) is 8.67. The van der Waals surface area contributed by atoms with E-state index in [9.17, 15) is 9.59 Å². The van der Waals surface area contributed by atoms with Crippen molar-refractivity contribution in [2.75, 3.05) is 11.9 Å². The number of halogens is 1. The van der Waals surface area contributed by atoms with Gasteiger partial charge in [-0.3, -0.25) is 9.36 Å². The van der Waals surface area contributed by atoms with Crippen LogP contribution in [-0.2, 0) is 18.6 Å². The molecule has 0 saturated carbocycles. The quantitative estimate of drug-likeness (QED) is 0.247. The number of carbonyl (C=O) groups is 1. The Morgan fingerprint density at radius 1 is 1.11 bits per heavy atom. The Labute approximate surface area is 266 Å². The van der Waals surface area contributed by atoms with Crippen LogP contribution in [0.2, 0.25) is 12.6 Å². The second-order valence-electron chi connectivity index (χ2n) is 12.7. The van der Waals surface area contributed by atoms with Gasteiger partial charge in [0.15, 0.2) is 12.4 Å². The fourth-order valence-corrected chi connectivity index (χ4v) is 12.7. The Balaban J connectivity index is 1.20. The summed E-state index contributed by atoms with van der Waals surface area (Å²) in [7, 11) is -3.70. The Hall–Kier alpha value is -2.79. The smallest absolute Gasteiger partial charge is 0.349 e. The largest absolute Gasteiger partial charge is 0.351 e. The normalized spacial score (nSPS) is 28.4. The number of nitrogens with one attached hydrogen (secondary N) is 1. The SMILES string of the molecule is CC[C@H]1O[C@@H](n2ccc(NC(=O)C(C)C)nc2=O)C(F)[C@H]1O[P@@]1O[C@H](C[Si](C)(c2ccccc2)c2ccccc2)[C@@H]2CCCN21. The van der Waals surface area contributed by atoms with Gasteiger partial charge in [0.05, 0.1) is 12.2 Å². The van der Waals surface area contributed by atoms with Crippen LogP contribution in [0.5, 0.6) is 0 Å². The molecule has 9 nitrogen and oxygen atoms in total. The molecule has 3 aliphatic rings. The molecule has 0 radical (unpaired) electrons. The maximum atomic E-state index is 16.2. The Morgan fingerprint density at radius 2 is 1.78 bits per heavy atom. The minimum absolute atomic E-state index is 0.0349. The molecule has 1 N–H and O–H groups in total. The van der Waals surface area contributed by atoms with Gasteiger partial charge in [-0.05, 0) is 31.4 Å². The van der Waals surface area contributed by atoms with Crippen molar-refractivity contribution in [2.24, 2.45) is 5.92 Å². The molecule has 240 valence electrons. The lowest BCUT2D eigenvalue weighted by molar-refractivity contribution is -0.118. The average Bonchev–Trinajstić information content (AvgIpc) is 3.74. The highest BCUT2D eigenvalue weighted by Gasteiger charge is 2.54. The minimum Gasteiger partial charge on any atom is -0.349 e. The summed E-state index contributed by atoms with van der Waals surface area (Å²) < 4.78 is 39.1. The van der Waals surface area contributed by atoms with Gasteiger partial charge >= 0.3 is 5.69 Å². The number of hydrogen-bond donors (Lipinski definition) is 1. The number of carbonyl (C=O) groups excluding carboxylic acids is 1. The van der Waals surface area contributed by atoms with E-state index in [0.717, 1.165) is 30.0 Å². The van der Waals surface area contributed by atoms with Crippen LogP contribution in [-0.4, -0.2) is 65.3 Å². The van der Waals surface area contributed by atoms with Crippen LogP contribution in [0, 0.1) is 5.92 Å². The van der Waals surface area contributed by atoms with Crippen LogP contribution in [0.3, 0.4) is 0 Å². The predicted molar refractivity (Wildman–Crippen MR) is 176 cm³/mol. The number of fused-ring (bicyclic) bond motifs is 1. The first-order valence-electron chi connectivity index (χ1n) is 15.9. The van der Waals surface area contributed by atoms with Crippen LogP contribution >= 0.6 is 8.53 Å². The standard InChI is InChI=1S/C33H42FN4O5PSi/c1-5-26-30(29(34)32(41-26)37-20-18-28(36-33(37)40)35-31(39)22(2)3)43-44-38-19-12-17-25(38)27(42-44)21-45(4,23-13-8-6-9-14-23)24-15-10-7-11-16-24/h6-11,13-16,18,20,22,25-27,29-30,32H,5,12,17,19,21H2,1-4H3,(H,35,36,39,40)/t25-,26+,27+,29?,30-,32+,44+/m0/s1. The van der Waals surface area contributed by atoms with E-state index < -0.39 is 46.9 Å². The number of alkyl halides is 1. The van der Waals surface area contributed by atoms with Crippen LogP contribution in [0.15, 0.2) is 77.7 Å². The fraction of sp³-hybridized carbons (Fsp3) is 0.485. The lowest BCUT2D eigenvalue weighted by Crippen LogP contribution is -2.58. The number of benzene rings is 2. The first kappa shape index (κ1) is 32.2. The minimum atomic E-state index is -2.18. The summed E-state index contributed by atoms with van der Waals surface area (Å²) in [6, 6.07) is 24.1. The molecule has 1 aromatic heterocycles. The van der Waals surface area contributed by atoms with Crippen LogP contribution < -0.4 is 21.4 Å². The zero-order valence-corrected chi connectivity index (χ0v) is 28.1. The third-order valence-corrected chi connectivity index (χ3v) is 15.6. The molecule has 1 amide bonds. The molecular formula is C33H42FN4O5PSi. The number of hydrogen-bond acceptors (Lipinski definition) is 7. The number of amides is 1. The first-order chi connectivity index (χ1) is 21.7. The molecular weight excluding hydrogens is 610 g/mol. The lowest BCUT2D eigenvalue weighted by Gasteiger charge is -2.32. The van der Waals surface area contributed by atoms with Gasteiger partial charge in [0.25, 0.3) is 8.53 Å². The van der Waals surface area contributed by atoms with Crippen LogP contribution in [0.4, 0.5) is 10.2 Å². The van der Waals surface area contributed by atoms with Gasteiger partial charge in [-0.15, -0.1) is 0 Å². The second kappa shape index (κ2) is 13.5. The third kappa shape index (κ3) is 6.44. The van der Waals surface area contributed by atoms with Crippen molar-refractivity contribution in [1.82, 2.24) is 14.2 Å². The number of nitrogens with zero attached hydrogens (tertiary/aromatic N) is 3. The van der Waals surface area contributed by atoms with E-state index in [0.29, 0.717) is 6.42 Å². The number of rotatable bonds is 10. The van der Waals surface area contributed by atoms with Gasteiger partial charge in [-0.2, -0.15) is 4.98 Å². The molecule has 6 rings (SSSR count). The van der Waals surface area contributed by atoms with Crippen molar-refractivity contribution < 1.29 is 23.0 Å². The van der Waals surface area contributed by atoms with Gasteiger partial charge in [0.2, 0.25) is 5.91 Å². The predicted octanol–water partition coefficient (Wildman–Crippen LogP) is 4.85. The molecule has 12 heteroatoms. The molecule has 7 atom stereocenters. The molecule has 0 bridgehead atoms. The van der Waals surface area contributed by atoms with Crippen molar-refractivity contribution in [3.8, 4) is 0 Å². The maximum absolute atomic E-state index is 16.2. The van der Waals surface area contributed by atoms with E-state index in [1.807, 2.05) is 6.92 Å². The highest BCUT2D eigenvalue weighted by Crippen LogP contribution is 2.59.